The summed E-state index contributed by atoms with van der Waals surface area (Å²) in [6.45, 7) is 7.37. The molecular weight excluding hydrogens is 256 g/mol. The molecule has 1 unspecified atom stereocenters. The molecule has 1 heterocycles. The number of ether oxygens (including phenoxy) is 3. The lowest BCUT2D eigenvalue weighted by molar-refractivity contribution is -0.139. The second-order valence-corrected chi connectivity index (χ2v) is 5.20. The second-order valence-electron chi connectivity index (χ2n) is 5.20. The van der Waals surface area contributed by atoms with Gasteiger partial charge in [0.15, 0.2) is 6.29 Å². The van der Waals surface area contributed by atoms with Gasteiger partial charge in [0.25, 0.3) is 0 Å². The van der Waals surface area contributed by atoms with E-state index >= 15 is 0 Å². The first-order valence-corrected chi connectivity index (χ1v) is 7.25. The molecule has 0 aromatic heterocycles. The predicted octanol–water partition coefficient (Wildman–Crippen LogP) is 3.38. The average Bonchev–Trinajstić information content (AvgIpc) is 2.89. The molecule has 0 spiro atoms. The first-order valence-electron chi connectivity index (χ1n) is 7.25. The molecule has 20 heavy (non-hydrogen) atoms. The minimum Gasteiger partial charge on any atom is -0.462 e. The summed E-state index contributed by atoms with van der Waals surface area (Å²) >= 11 is 0. The minimum atomic E-state index is -0.240. The molecule has 0 aromatic carbocycles. The van der Waals surface area contributed by atoms with E-state index in [1.54, 1.807) is 0 Å². The highest BCUT2D eigenvalue weighted by Crippen LogP contribution is 2.14. The zero-order chi connectivity index (χ0) is 14.8. The van der Waals surface area contributed by atoms with Gasteiger partial charge in [0.05, 0.1) is 6.61 Å². The topological polar surface area (TPSA) is 44.8 Å². The van der Waals surface area contributed by atoms with Crippen LogP contribution in [0.5, 0.6) is 0 Å². The SMILES string of the molecule is CC(=O)OC/C=C(\C)CC/C=C(\C)COC1CCCO1. The van der Waals surface area contributed by atoms with Crippen molar-refractivity contribution in [2.45, 2.75) is 52.7 Å². The molecular formula is C16H26O4. The number of allylic oxidation sites excluding steroid dienone is 2. The Bertz CT molecular complexity index is 351. The first kappa shape index (κ1) is 16.9. The molecule has 0 aliphatic carbocycles. The molecule has 0 aromatic rings. The van der Waals surface area contributed by atoms with Crippen LogP contribution < -0.4 is 0 Å². The van der Waals surface area contributed by atoms with Gasteiger partial charge in [0, 0.05) is 20.0 Å². The van der Waals surface area contributed by atoms with E-state index in [1.807, 2.05) is 6.08 Å². The maximum atomic E-state index is 10.6. The Kier molecular flexibility index (Phi) is 8.23. The quantitative estimate of drug-likeness (QED) is 0.506. The van der Waals surface area contributed by atoms with E-state index in [1.165, 1.54) is 18.1 Å². The average molecular weight is 282 g/mol. The van der Waals surface area contributed by atoms with Crippen molar-refractivity contribution in [3.05, 3.63) is 23.3 Å². The molecule has 1 rings (SSSR count). The molecule has 1 fully saturated rings. The van der Waals surface area contributed by atoms with Crippen LogP contribution in [0.1, 0.15) is 46.5 Å². The van der Waals surface area contributed by atoms with E-state index < -0.39 is 0 Å². The van der Waals surface area contributed by atoms with Gasteiger partial charge in [0.1, 0.15) is 6.61 Å². The molecule has 0 saturated carbocycles. The zero-order valence-electron chi connectivity index (χ0n) is 12.8. The molecule has 0 N–H and O–H groups in total. The monoisotopic (exact) mass is 282 g/mol. The van der Waals surface area contributed by atoms with E-state index in [9.17, 15) is 4.79 Å². The Hall–Kier alpha value is -1.13. The number of hydrogen-bond acceptors (Lipinski definition) is 4. The summed E-state index contributed by atoms with van der Waals surface area (Å²) in [5, 5.41) is 0. The van der Waals surface area contributed by atoms with Crippen molar-refractivity contribution in [1.29, 1.82) is 0 Å². The van der Waals surface area contributed by atoms with E-state index in [-0.39, 0.29) is 12.3 Å². The van der Waals surface area contributed by atoms with Gasteiger partial charge in [-0.3, -0.25) is 4.79 Å². The van der Waals surface area contributed by atoms with Crippen molar-refractivity contribution in [3.63, 3.8) is 0 Å². The Labute approximate surface area is 121 Å². The largest absolute Gasteiger partial charge is 0.462 e. The van der Waals surface area contributed by atoms with Crippen LogP contribution in [0.4, 0.5) is 0 Å². The lowest BCUT2D eigenvalue weighted by Gasteiger charge is -2.11. The van der Waals surface area contributed by atoms with Crippen molar-refractivity contribution < 1.29 is 19.0 Å². The van der Waals surface area contributed by atoms with Crippen molar-refractivity contribution in [1.82, 2.24) is 0 Å². The zero-order valence-corrected chi connectivity index (χ0v) is 12.8. The Morgan fingerprint density at radius 2 is 2.05 bits per heavy atom. The number of carbonyl (C=O) groups excluding carboxylic acids is 1. The highest BCUT2D eigenvalue weighted by Gasteiger charge is 2.15. The van der Waals surface area contributed by atoms with Crippen LogP contribution in [0.2, 0.25) is 0 Å². The summed E-state index contributed by atoms with van der Waals surface area (Å²) in [4.78, 5) is 10.6. The highest BCUT2D eigenvalue weighted by atomic mass is 16.7. The molecule has 0 radical (unpaired) electrons. The molecule has 4 nitrogen and oxygen atoms in total. The molecule has 1 atom stereocenters. The third-order valence-corrected chi connectivity index (χ3v) is 3.13. The van der Waals surface area contributed by atoms with Gasteiger partial charge in [-0.05, 0) is 39.2 Å². The lowest BCUT2D eigenvalue weighted by atomic mass is 10.1. The maximum Gasteiger partial charge on any atom is 0.302 e. The first-order chi connectivity index (χ1) is 9.58. The molecule has 4 heteroatoms. The third kappa shape index (κ3) is 8.12. The van der Waals surface area contributed by atoms with E-state index in [2.05, 4.69) is 19.9 Å². The number of carbonyl (C=O) groups is 1. The highest BCUT2D eigenvalue weighted by molar-refractivity contribution is 5.66. The van der Waals surface area contributed by atoms with Gasteiger partial charge < -0.3 is 14.2 Å². The Morgan fingerprint density at radius 1 is 1.25 bits per heavy atom. The number of rotatable bonds is 8. The van der Waals surface area contributed by atoms with E-state index in [0.717, 1.165) is 32.3 Å². The molecule has 0 amide bonds. The smallest absolute Gasteiger partial charge is 0.302 e. The summed E-state index contributed by atoms with van der Waals surface area (Å²) in [6.07, 6.45) is 8.18. The predicted molar refractivity (Wildman–Crippen MR) is 78.3 cm³/mol. The molecule has 1 aliphatic heterocycles. The van der Waals surface area contributed by atoms with Gasteiger partial charge in [-0.15, -0.1) is 0 Å². The van der Waals surface area contributed by atoms with Gasteiger partial charge in [-0.1, -0.05) is 17.2 Å². The van der Waals surface area contributed by atoms with Crippen LogP contribution in [0.25, 0.3) is 0 Å². The van der Waals surface area contributed by atoms with Crippen LogP contribution in [0.3, 0.4) is 0 Å². The normalized spacial score (nSPS) is 20.2. The lowest BCUT2D eigenvalue weighted by Crippen LogP contribution is -2.11. The van der Waals surface area contributed by atoms with Crippen molar-refractivity contribution >= 4 is 5.97 Å². The van der Waals surface area contributed by atoms with E-state index in [4.69, 9.17) is 14.2 Å². The maximum absolute atomic E-state index is 10.6. The number of hydrogen-bond donors (Lipinski definition) is 0. The van der Waals surface area contributed by atoms with Crippen LogP contribution in [0, 0.1) is 0 Å². The molecule has 0 bridgehead atoms. The summed E-state index contributed by atoms with van der Waals surface area (Å²) in [6, 6.07) is 0. The van der Waals surface area contributed by atoms with Crippen LogP contribution in [0.15, 0.2) is 23.3 Å². The standard InChI is InChI=1S/C16H26O4/c1-13(9-11-18-15(3)17)6-4-7-14(2)12-20-16-8-5-10-19-16/h7,9,16H,4-6,8,10-12H2,1-3H3/b13-9+,14-7+. The minimum absolute atomic E-state index is 0.0105. The van der Waals surface area contributed by atoms with Crippen LogP contribution in [-0.2, 0) is 19.0 Å². The fraction of sp³-hybridized carbons (Fsp3) is 0.688. The molecule has 114 valence electrons. The Morgan fingerprint density at radius 3 is 2.70 bits per heavy atom. The van der Waals surface area contributed by atoms with Gasteiger partial charge in [0.2, 0.25) is 0 Å². The third-order valence-electron chi connectivity index (χ3n) is 3.13. The van der Waals surface area contributed by atoms with Crippen LogP contribution >= 0.6 is 0 Å². The fourth-order valence-electron chi connectivity index (χ4n) is 1.91. The molecule has 1 saturated heterocycles. The summed E-state index contributed by atoms with van der Waals surface area (Å²) in [5.74, 6) is -0.240. The summed E-state index contributed by atoms with van der Waals surface area (Å²) < 4.78 is 15.9. The molecule has 1 aliphatic rings. The second kappa shape index (κ2) is 9.72. The van der Waals surface area contributed by atoms with Crippen molar-refractivity contribution in [2.24, 2.45) is 0 Å². The van der Waals surface area contributed by atoms with Crippen molar-refractivity contribution in [3.8, 4) is 0 Å². The Balaban J connectivity index is 2.13. The summed E-state index contributed by atoms with van der Waals surface area (Å²) in [7, 11) is 0. The van der Waals surface area contributed by atoms with Gasteiger partial charge in [-0.2, -0.15) is 0 Å². The van der Waals surface area contributed by atoms with Crippen molar-refractivity contribution in [2.75, 3.05) is 19.8 Å². The van der Waals surface area contributed by atoms with E-state index in [0.29, 0.717) is 13.2 Å². The summed E-state index contributed by atoms with van der Waals surface area (Å²) in [5.41, 5.74) is 2.46. The fourth-order valence-corrected chi connectivity index (χ4v) is 1.91. The number of esters is 1. The van der Waals surface area contributed by atoms with Gasteiger partial charge >= 0.3 is 5.97 Å². The van der Waals surface area contributed by atoms with Gasteiger partial charge in [-0.25, -0.2) is 0 Å². The van der Waals surface area contributed by atoms with Crippen LogP contribution in [-0.4, -0.2) is 32.1 Å².